The predicted molar refractivity (Wildman–Crippen MR) is 34.7 cm³/mol. The molecule has 0 N–H and O–H groups in total. The lowest BCUT2D eigenvalue weighted by Gasteiger charge is -1.84. The Bertz CT molecular complexity index is 241. The first kappa shape index (κ1) is 3.80. The van der Waals surface area contributed by atoms with Gasteiger partial charge < -0.3 is 0 Å². The summed E-state index contributed by atoms with van der Waals surface area (Å²) in [6, 6.07) is -0.149. The van der Waals surface area contributed by atoms with Gasteiger partial charge >= 0.3 is 0 Å². The molecule has 8 heavy (non-hydrogen) atoms. The third kappa shape index (κ3) is 1.42. The molecule has 0 fully saturated rings. The lowest BCUT2D eigenvalue weighted by Crippen LogP contribution is -1.79. The zero-order valence-corrected chi connectivity index (χ0v) is 5.99. The minimum Gasteiger partial charge on any atom is -0.142 e. The van der Waals surface area contributed by atoms with Crippen LogP contribution in [0.25, 0.3) is 0 Å². The second-order valence-electron chi connectivity index (χ2n) is 1.03. The third-order valence-corrected chi connectivity index (χ3v) is 1.02. The Morgan fingerprint density at radius 3 is 3.00 bits per heavy atom. The van der Waals surface area contributed by atoms with Crippen molar-refractivity contribution in [2.24, 2.45) is 0 Å². The molecule has 42 valence electrons. The highest BCUT2D eigenvalue weighted by molar-refractivity contribution is 9.10. The molecule has 0 aromatic carbocycles. The van der Waals surface area contributed by atoms with E-state index in [4.69, 9.17) is 14.3 Å². The molecule has 1 heterocycles. The molecule has 0 radical (unpaired) electrons. The van der Waals surface area contributed by atoms with Crippen molar-refractivity contribution in [1.82, 2.24) is 10.2 Å². The van der Waals surface area contributed by atoms with Crippen LogP contribution in [0.1, 0.15) is 2.74 Å². The van der Waals surface area contributed by atoms with Crippen LogP contribution in [0.2, 0.25) is 5.15 Å². The lowest BCUT2D eigenvalue weighted by molar-refractivity contribution is 1.01. The van der Waals surface area contributed by atoms with Crippen molar-refractivity contribution in [3.8, 4) is 0 Å². The van der Waals surface area contributed by atoms with Gasteiger partial charge in [0.1, 0.15) is 4.60 Å². The fourth-order valence-corrected chi connectivity index (χ4v) is 0.504. The number of hydrogen-bond donors (Lipinski definition) is 0. The van der Waals surface area contributed by atoms with Gasteiger partial charge in [-0.15, -0.1) is 10.2 Å². The third-order valence-electron chi connectivity index (χ3n) is 0.494. The van der Waals surface area contributed by atoms with Crippen molar-refractivity contribution in [2.75, 3.05) is 0 Å². The molecule has 4 heteroatoms. The first-order valence-corrected chi connectivity index (χ1v) is 2.95. The summed E-state index contributed by atoms with van der Waals surface area (Å²) >= 11 is 8.32. The van der Waals surface area contributed by atoms with Crippen LogP contribution in [0.4, 0.5) is 0 Å². The van der Waals surface area contributed by atoms with Crippen molar-refractivity contribution in [2.45, 2.75) is 0 Å². The normalized spacial score (nSPS) is 12.8. The van der Waals surface area contributed by atoms with Crippen LogP contribution >= 0.6 is 27.5 Å². The number of hydrogen-bond acceptors (Lipinski definition) is 2. The Balaban J connectivity index is 3.34. The van der Waals surface area contributed by atoms with E-state index >= 15 is 0 Å². The maximum atomic E-state index is 7.16. The summed E-state index contributed by atoms with van der Waals surface area (Å²) in [5, 5.41) is 6.82. The fraction of sp³-hybridized carbons (Fsp3) is 0. The standard InChI is InChI=1S/C4H2BrClN2/c5-3-1-2-4(6)8-7-3/h1-2H/i1D,2D. The minimum absolute atomic E-state index is 0.0417. The molecule has 0 saturated heterocycles. The average molecular weight is 195 g/mol. The molecule has 0 saturated carbocycles. The molecule has 0 spiro atoms. The summed E-state index contributed by atoms with van der Waals surface area (Å²) in [5.74, 6) is 0. The molecular formula is C4H2BrClN2. The number of nitrogens with zero attached hydrogens (tertiary/aromatic N) is 2. The predicted octanol–water partition coefficient (Wildman–Crippen LogP) is 1.89. The SMILES string of the molecule is [2H]c1c(Cl)nnc(Br)c1[2H]. The van der Waals surface area contributed by atoms with Crippen LogP contribution < -0.4 is 0 Å². The van der Waals surface area contributed by atoms with Crippen LogP contribution in [0.15, 0.2) is 16.7 Å². The van der Waals surface area contributed by atoms with E-state index in [2.05, 4.69) is 26.1 Å². The van der Waals surface area contributed by atoms with Gasteiger partial charge in [0.25, 0.3) is 0 Å². The highest BCUT2D eigenvalue weighted by Gasteiger charge is 1.86. The monoisotopic (exact) mass is 194 g/mol. The van der Waals surface area contributed by atoms with Crippen molar-refractivity contribution >= 4 is 27.5 Å². The Labute approximate surface area is 62.8 Å². The van der Waals surface area contributed by atoms with Crippen LogP contribution in [0, 0.1) is 0 Å². The quantitative estimate of drug-likeness (QED) is 0.632. The molecule has 1 aromatic heterocycles. The summed E-state index contributed by atoms with van der Waals surface area (Å²) in [7, 11) is 0. The zero-order valence-electron chi connectivity index (χ0n) is 5.65. The van der Waals surface area contributed by atoms with E-state index in [1.165, 1.54) is 0 Å². The lowest BCUT2D eigenvalue weighted by atomic mass is 10.6. The summed E-state index contributed by atoms with van der Waals surface area (Å²) in [4.78, 5) is 0. The van der Waals surface area contributed by atoms with Crippen molar-refractivity contribution in [1.29, 1.82) is 0 Å². The van der Waals surface area contributed by atoms with Crippen LogP contribution in [0.3, 0.4) is 0 Å². The molecule has 1 aromatic rings. The number of halogens is 2. The minimum atomic E-state index is -0.108. The van der Waals surface area contributed by atoms with Crippen molar-refractivity contribution in [3.05, 3.63) is 21.8 Å². The van der Waals surface area contributed by atoms with E-state index in [1.54, 1.807) is 0 Å². The van der Waals surface area contributed by atoms with E-state index in [-0.39, 0.29) is 21.8 Å². The molecule has 0 aliphatic rings. The van der Waals surface area contributed by atoms with E-state index in [0.717, 1.165) is 0 Å². The Kier molecular flexibility index (Phi) is 1.15. The molecule has 1 rings (SSSR count). The van der Waals surface area contributed by atoms with Crippen LogP contribution in [-0.4, -0.2) is 10.2 Å². The number of aromatic nitrogens is 2. The summed E-state index contributed by atoms with van der Waals surface area (Å²) < 4.78 is 14.5. The van der Waals surface area contributed by atoms with Crippen LogP contribution in [-0.2, 0) is 0 Å². The van der Waals surface area contributed by atoms with Gasteiger partial charge in [0.05, 0.1) is 2.74 Å². The topological polar surface area (TPSA) is 25.8 Å². The Morgan fingerprint density at radius 2 is 2.38 bits per heavy atom. The van der Waals surface area contributed by atoms with Gasteiger partial charge in [-0.1, -0.05) is 11.6 Å². The van der Waals surface area contributed by atoms with E-state index in [1.807, 2.05) is 0 Å². The first-order chi connectivity index (χ1) is 4.63. The molecule has 0 unspecified atom stereocenters. The Hall–Kier alpha value is -0.150. The van der Waals surface area contributed by atoms with Gasteiger partial charge in [-0.25, -0.2) is 0 Å². The summed E-state index contributed by atoms with van der Waals surface area (Å²) in [6.07, 6.45) is 0. The molecule has 2 nitrogen and oxygen atoms in total. The van der Waals surface area contributed by atoms with Gasteiger partial charge in [-0.2, -0.15) is 0 Å². The van der Waals surface area contributed by atoms with E-state index in [9.17, 15) is 0 Å². The molecule has 0 bridgehead atoms. The highest BCUT2D eigenvalue weighted by Crippen LogP contribution is 2.06. The maximum Gasteiger partial charge on any atom is 0.151 e. The van der Waals surface area contributed by atoms with E-state index in [0.29, 0.717) is 0 Å². The van der Waals surface area contributed by atoms with Crippen molar-refractivity contribution in [3.63, 3.8) is 0 Å². The molecule has 0 atom stereocenters. The van der Waals surface area contributed by atoms with Gasteiger partial charge in [-0.3, -0.25) is 0 Å². The molecular weight excluding hydrogens is 191 g/mol. The summed E-state index contributed by atoms with van der Waals surface area (Å²) in [6.45, 7) is 0. The molecule has 0 amide bonds. The van der Waals surface area contributed by atoms with Crippen molar-refractivity contribution < 1.29 is 2.74 Å². The number of rotatable bonds is 0. The summed E-state index contributed by atoms with van der Waals surface area (Å²) in [5.41, 5.74) is 0. The second kappa shape index (κ2) is 2.42. The fourth-order valence-electron chi connectivity index (χ4n) is 0.241. The maximum absolute atomic E-state index is 7.16. The van der Waals surface area contributed by atoms with Gasteiger partial charge in [0.2, 0.25) is 0 Å². The van der Waals surface area contributed by atoms with Crippen LogP contribution in [0.5, 0.6) is 0 Å². The van der Waals surface area contributed by atoms with Gasteiger partial charge in [0, 0.05) is 0 Å². The van der Waals surface area contributed by atoms with Gasteiger partial charge in [0.15, 0.2) is 5.15 Å². The second-order valence-corrected chi connectivity index (χ2v) is 2.14. The average Bonchev–Trinajstić information content (AvgIpc) is 1.93. The highest BCUT2D eigenvalue weighted by atomic mass is 79.9. The van der Waals surface area contributed by atoms with E-state index < -0.39 is 0 Å². The van der Waals surface area contributed by atoms with Gasteiger partial charge in [-0.05, 0) is 28.0 Å². The Morgan fingerprint density at radius 1 is 1.62 bits per heavy atom. The zero-order chi connectivity index (χ0) is 7.72. The first-order valence-electron chi connectivity index (χ1n) is 2.78. The smallest absolute Gasteiger partial charge is 0.142 e. The molecule has 0 aliphatic heterocycles. The molecule has 0 aliphatic carbocycles. The largest absolute Gasteiger partial charge is 0.151 e.